The standard InChI is InChI=1S/C39H35FN4O3S/c1-5-42(6-2)38(46)34-24(3)41-39-44(36(34)35-29-16-9-7-13-25(29)19-20-32(35)47-4)37(45)33(48-39)21-27-23-43(31-18-12-10-15-28(27)31)22-26-14-8-11-17-30(26)40/h7-21,23,36H,5-6,22H2,1-4H3/b33-21+/t36-/m0/s1. The van der Waals surface area contributed by atoms with E-state index in [0.29, 0.717) is 51.6 Å². The highest BCUT2D eigenvalue weighted by Crippen LogP contribution is 2.40. The Morgan fingerprint density at radius 2 is 1.69 bits per heavy atom. The van der Waals surface area contributed by atoms with Gasteiger partial charge in [0.15, 0.2) is 4.80 Å². The number of fused-ring (bicyclic) bond motifs is 3. The highest BCUT2D eigenvalue weighted by molar-refractivity contribution is 7.07. The number of amides is 1. The van der Waals surface area contributed by atoms with Crippen molar-refractivity contribution >= 4 is 45.0 Å². The number of nitrogens with zero attached hydrogens (tertiary/aromatic N) is 4. The third-order valence-electron chi connectivity index (χ3n) is 9.13. The van der Waals surface area contributed by atoms with Crippen LogP contribution < -0.4 is 19.6 Å². The van der Waals surface area contributed by atoms with Crippen LogP contribution in [0.2, 0.25) is 0 Å². The van der Waals surface area contributed by atoms with E-state index in [1.54, 1.807) is 28.7 Å². The van der Waals surface area contributed by atoms with E-state index < -0.39 is 6.04 Å². The molecule has 9 heteroatoms. The number of halogens is 1. The highest BCUT2D eigenvalue weighted by Gasteiger charge is 2.36. The molecule has 0 radical (unpaired) electrons. The fraction of sp³-hybridized carbons (Fsp3) is 0.205. The summed E-state index contributed by atoms with van der Waals surface area (Å²) in [6, 6.07) is 25.7. The van der Waals surface area contributed by atoms with Gasteiger partial charge in [0.1, 0.15) is 17.6 Å². The van der Waals surface area contributed by atoms with Crippen LogP contribution in [0.25, 0.3) is 27.8 Å². The summed E-state index contributed by atoms with van der Waals surface area (Å²) in [5.41, 5.74) is 3.86. The van der Waals surface area contributed by atoms with Crippen LogP contribution in [0, 0.1) is 5.82 Å². The summed E-state index contributed by atoms with van der Waals surface area (Å²) < 4.78 is 24.7. The van der Waals surface area contributed by atoms with Gasteiger partial charge in [-0.1, -0.05) is 78.1 Å². The lowest BCUT2D eigenvalue weighted by Gasteiger charge is -2.30. The number of benzene rings is 4. The van der Waals surface area contributed by atoms with E-state index >= 15 is 0 Å². The zero-order valence-corrected chi connectivity index (χ0v) is 28.1. The van der Waals surface area contributed by atoms with E-state index in [9.17, 15) is 14.0 Å². The highest BCUT2D eigenvalue weighted by atomic mass is 32.1. The van der Waals surface area contributed by atoms with E-state index in [-0.39, 0.29) is 17.3 Å². The molecule has 1 amide bonds. The average molecular weight is 659 g/mol. The Morgan fingerprint density at radius 3 is 2.44 bits per heavy atom. The number of aromatic nitrogens is 2. The normalized spacial score (nSPS) is 14.8. The van der Waals surface area contributed by atoms with E-state index in [1.165, 1.54) is 17.4 Å². The van der Waals surface area contributed by atoms with Crippen molar-refractivity contribution in [1.29, 1.82) is 0 Å². The number of hydrogen-bond acceptors (Lipinski definition) is 5. The van der Waals surface area contributed by atoms with Crippen LogP contribution in [0.3, 0.4) is 0 Å². The Labute approximate surface area is 281 Å². The number of carbonyl (C=O) groups excluding carboxylic acids is 1. The number of para-hydroxylation sites is 1. The van der Waals surface area contributed by atoms with Gasteiger partial charge in [-0.25, -0.2) is 9.38 Å². The maximum Gasteiger partial charge on any atom is 0.271 e. The number of carbonyl (C=O) groups is 1. The summed E-state index contributed by atoms with van der Waals surface area (Å²) in [6.07, 6.45) is 3.84. The topological polar surface area (TPSA) is 68.8 Å². The first-order valence-electron chi connectivity index (χ1n) is 16.0. The summed E-state index contributed by atoms with van der Waals surface area (Å²) in [7, 11) is 1.61. The molecular weight excluding hydrogens is 624 g/mol. The lowest BCUT2D eigenvalue weighted by molar-refractivity contribution is -0.127. The maximum absolute atomic E-state index is 14.6. The Hall–Kier alpha value is -5.28. The Balaban J connectivity index is 1.47. The van der Waals surface area contributed by atoms with Gasteiger partial charge < -0.3 is 14.2 Å². The molecule has 0 bridgehead atoms. The number of ether oxygens (including phenoxy) is 1. The third-order valence-corrected chi connectivity index (χ3v) is 10.1. The van der Waals surface area contributed by atoms with Crippen molar-refractivity contribution in [3.05, 3.63) is 145 Å². The van der Waals surface area contributed by atoms with Gasteiger partial charge in [0.2, 0.25) is 0 Å². The Bertz CT molecular complexity index is 2430. The van der Waals surface area contributed by atoms with Crippen molar-refractivity contribution in [2.24, 2.45) is 4.99 Å². The molecule has 7 rings (SSSR count). The molecule has 3 heterocycles. The van der Waals surface area contributed by atoms with Crippen molar-refractivity contribution in [2.45, 2.75) is 33.4 Å². The summed E-state index contributed by atoms with van der Waals surface area (Å²) in [5, 5.41) is 2.81. The zero-order valence-electron chi connectivity index (χ0n) is 27.2. The van der Waals surface area contributed by atoms with Gasteiger partial charge in [0.25, 0.3) is 11.5 Å². The molecule has 242 valence electrons. The second-order valence-electron chi connectivity index (χ2n) is 11.8. The molecule has 48 heavy (non-hydrogen) atoms. The SMILES string of the molecule is CCN(CC)C(=O)C1=C(C)N=c2s/c(=C/c3cn(Cc4ccccc4F)c4ccccc34)c(=O)n2[C@@H]1c1c(OC)ccc2ccccc12. The quantitative estimate of drug-likeness (QED) is 0.190. The third kappa shape index (κ3) is 5.24. The molecule has 0 fully saturated rings. The van der Waals surface area contributed by atoms with Gasteiger partial charge in [-0.2, -0.15) is 0 Å². The molecule has 1 aliphatic heterocycles. The van der Waals surface area contributed by atoms with Gasteiger partial charge in [-0.05, 0) is 55.8 Å². The van der Waals surface area contributed by atoms with Crippen LogP contribution in [0.5, 0.6) is 5.75 Å². The summed E-state index contributed by atoms with van der Waals surface area (Å²) in [6.45, 7) is 7.12. The predicted molar refractivity (Wildman–Crippen MR) is 190 cm³/mol. The van der Waals surface area contributed by atoms with Gasteiger partial charge in [-0.15, -0.1) is 0 Å². The van der Waals surface area contributed by atoms with Crippen molar-refractivity contribution in [3.63, 3.8) is 0 Å². The zero-order chi connectivity index (χ0) is 33.5. The first-order valence-corrected chi connectivity index (χ1v) is 16.8. The van der Waals surface area contributed by atoms with E-state index in [4.69, 9.17) is 9.73 Å². The summed E-state index contributed by atoms with van der Waals surface area (Å²) in [5.74, 6) is 0.162. The van der Waals surface area contributed by atoms with Gasteiger partial charge in [-0.3, -0.25) is 14.2 Å². The van der Waals surface area contributed by atoms with E-state index in [0.717, 1.165) is 32.8 Å². The lowest BCUT2D eigenvalue weighted by Crippen LogP contribution is -2.43. The molecule has 2 aromatic heterocycles. The molecule has 7 nitrogen and oxygen atoms in total. The van der Waals surface area contributed by atoms with Crippen molar-refractivity contribution < 1.29 is 13.9 Å². The van der Waals surface area contributed by atoms with Gasteiger partial charge >= 0.3 is 0 Å². The largest absolute Gasteiger partial charge is 0.496 e. The molecular formula is C39H35FN4O3S. The Morgan fingerprint density at radius 1 is 0.979 bits per heavy atom. The lowest BCUT2D eigenvalue weighted by atomic mass is 9.90. The number of methoxy groups -OCH3 is 1. The fourth-order valence-electron chi connectivity index (χ4n) is 6.76. The van der Waals surface area contributed by atoms with Gasteiger partial charge in [0, 0.05) is 46.9 Å². The van der Waals surface area contributed by atoms with Gasteiger partial charge in [0.05, 0.1) is 29.5 Å². The van der Waals surface area contributed by atoms with E-state index in [1.807, 2.05) is 104 Å². The molecule has 0 unspecified atom stereocenters. The molecule has 0 aliphatic carbocycles. The number of thiazole rings is 1. The monoisotopic (exact) mass is 658 g/mol. The molecule has 0 saturated carbocycles. The molecule has 1 aliphatic rings. The van der Waals surface area contributed by atoms with Crippen molar-refractivity contribution in [2.75, 3.05) is 20.2 Å². The first-order chi connectivity index (χ1) is 23.3. The molecule has 0 N–H and O–H groups in total. The van der Waals surface area contributed by atoms with Crippen LogP contribution in [-0.2, 0) is 11.3 Å². The van der Waals surface area contributed by atoms with Crippen LogP contribution in [0.1, 0.15) is 43.5 Å². The number of allylic oxidation sites excluding steroid dienone is 1. The minimum absolute atomic E-state index is 0.160. The second-order valence-corrected chi connectivity index (χ2v) is 12.8. The molecule has 4 aromatic carbocycles. The molecule has 0 saturated heterocycles. The summed E-state index contributed by atoms with van der Waals surface area (Å²) in [4.78, 5) is 36.0. The maximum atomic E-state index is 14.6. The molecule has 0 spiro atoms. The van der Waals surface area contributed by atoms with E-state index in [2.05, 4.69) is 0 Å². The smallest absolute Gasteiger partial charge is 0.271 e. The fourth-order valence-corrected chi connectivity index (χ4v) is 7.79. The number of likely N-dealkylation sites (N-methyl/N-ethyl adjacent to an activating group) is 1. The second kappa shape index (κ2) is 12.7. The molecule has 1 atom stereocenters. The average Bonchev–Trinajstić information content (AvgIpc) is 3.60. The van der Waals surface area contributed by atoms with Crippen LogP contribution in [-0.4, -0.2) is 40.1 Å². The van der Waals surface area contributed by atoms with Crippen LogP contribution in [0.15, 0.2) is 112 Å². The summed E-state index contributed by atoms with van der Waals surface area (Å²) >= 11 is 1.29. The Kier molecular flexibility index (Phi) is 8.31. The number of rotatable bonds is 8. The minimum Gasteiger partial charge on any atom is -0.496 e. The van der Waals surface area contributed by atoms with Crippen LogP contribution in [0.4, 0.5) is 4.39 Å². The first kappa shape index (κ1) is 31.3. The number of hydrogen-bond donors (Lipinski definition) is 0. The molecule has 6 aromatic rings. The minimum atomic E-state index is -0.764. The van der Waals surface area contributed by atoms with Crippen LogP contribution >= 0.6 is 11.3 Å². The van der Waals surface area contributed by atoms with Crippen molar-refractivity contribution in [1.82, 2.24) is 14.0 Å². The van der Waals surface area contributed by atoms with Crippen molar-refractivity contribution in [3.8, 4) is 5.75 Å². The predicted octanol–water partition coefficient (Wildman–Crippen LogP) is 6.41.